The zero-order valence-corrected chi connectivity index (χ0v) is 10.1. The lowest BCUT2D eigenvalue weighted by Gasteiger charge is -2.21. The monoisotopic (exact) mass is 230 g/mol. The number of benzene rings is 1. The largest absolute Gasteiger partial charge is 0.391 e. The minimum atomic E-state index is -0.186. The Balaban J connectivity index is 1.90. The van der Waals surface area contributed by atoms with Crippen LogP contribution < -0.4 is 0 Å². The molecule has 0 radical (unpaired) electrons. The van der Waals surface area contributed by atoms with Crippen LogP contribution in [0.3, 0.4) is 0 Å². The molecular formula is C14H18N2O. The number of aromatic nitrogens is 1. The minimum absolute atomic E-state index is 0.186. The van der Waals surface area contributed by atoms with Gasteiger partial charge < -0.3 is 15.0 Å². The first-order valence-corrected chi connectivity index (χ1v) is 6.19. The van der Waals surface area contributed by atoms with Crippen LogP contribution in [-0.4, -0.2) is 40.7 Å². The van der Waals surface area contributed by atoms with Crippen LogP contribution in [0.1, 0.15) is 12.0 Å². The van der Waals surface area contributed by atoms with Gasteiger partial charge in [0.2, 0.25) is 0 Å². The van der Waals surface area contributed by atoms with E-state index in [1.54, 1.807) is 0 Å². The van der Waals surface area contributed by atoms with Crippen LogP contribution in [0.25, 0.3) is 10.9 Å². The van der Waals surface area contributed by atoms with Crippen molar-refractivity contribution in [1.29, 1.82) is 0 Å². The summed E-state index contributed by atoms with van der Waals surface area (Å²) in [5.41, 5.74) is 2.48. The summed E-state index contributed by atoms with van der Waals surface area (Å²) < 4.78 is 0. The summed E-state index contributed by atoms with van der Waals surface area (Å²) in [4.78, 5) is 5.55. The van der Waals surface area contributed by atoms with Crippen LogP contribution >= 0.6 is 0 Å². The second-order valence-corrected chi connectivity index (χ2v) is 4.97. The number of hydrogen-bond donors (Lipinski definition) is 2. The zero-order chi connectivity index (χ0) is 11.8. The van der Waals surface area contributed by atoms with E-state index in [1.165, 1.54) is 16.5 Å². The number of fused-ring (bicyclic) bond motifs is 1. The average molecular weight is 230 g/mol. The molecule has 1 aromatic carbocycles. The number of aliphatic hydroxyl groups is 1. The van der Waals surface area contributed by atoms with Gasteiger partial charge in [-0.25, -0.2) is 0 Å². The van der Waals surface area contributed by atoms with E-state index in [9.17, 15) is 5.11 Å². The Morgan fingerprint density at radius 2 is 2.24 bits per heavy atom. The highest BCUT2D eigenvalue weighted by atomic mass is 16.3. The number of para-hydroxylation sites is 1. The lowest BCUT2D eigenvalue weighted by Crippen LogP contribution is -2.34. The molecule has 0 spiro atoms. The highest BCUT2D eigenvalue weighted by Crippen LogP contribution is 2.24. The van der Waals surface area contributed by atoms with E-state index >= 15 is 0 Å². The van der Waals surface area contributed by atoms with E-state index in [-0.39, 0.29) is 12.1 Å². The molecule has 1 unspecified atom stereocenters. The SMILES string of the molecule is CN1CCC(O)[C@@H]1Cc1c[nH]c2ccccc12. The number of likely N-dealkylation sites (N-methyl/N-ethyl adjacent to an activating group) is 1. The number of aliphatic hydroxyl groups excluding tert-OH is 1. The molecule has 1 aromatic heterocycles. The van der Waals surface area contributed by atoms with Crippen molar-refractivity contribution >= 4 is 10.9 Å². The van der Waals surface area contributed by atoms with E-state index in [4.69, 9.17) is 0 Å². The van der Waals surface area contributed by atoms with E-state index in [0.29, 0.717) is 0 Å². The molecule has 2 N–H and O–H groups in total. The first-order chi connectivity index (χ1) is 8.25. The van der Waals surface area contributed by atoms with Gasteiger partial charge in [-0.2, -0.15) is 0 Å². The molecule has 2 heterocycles. The molecule has 3 rings (SSSR count). The number of H-pyrrole nitrogens is 1. The van der Waals surface area contributed by atoms with Gasteiger partial charge in [-0.3, -0.25) is 0 Å². The molecule has 0 bridgehead atoms. The molecule has 17 heavy (non-hydrogen) atoms. The third-order valence-corrected chi connectivity index (χ3v) is 3.89. The molecule has 3 heteroatoms. The maximum absolute atomic E-state index is 9.98. The van der Waals surface area contributed by atoms with Gasteiger partial charge in [0.25, 0.3) is 0 Å². The van der Waals surface area contributed by atoms with Gasteiger partial charge in [0.15, 0.2) is 0 Å². The Kier molecular flexibility index (Phi) is 2.65. The highest BCUT2D eigenvalue weighted by Gasteiger charge is 2.30. The topological polar surface area (TPSA) is 39.3 Å². The number of hydrogen-bond acceptors (Lipinski definition) is 2. The maximum Gasteiger partial charge on any atom is 0.0710 e. The van der Waals surface area contributed by atoms with Gasteiger partial charge in [0.1, 0.15) is 0 Å². The summed E-state index contributed by atoms with van der Waals surface area (Å²) in [6.45, 7) is 0.994. The van der Waals surface area contributed by atoms with Crippen molar-refractivity contribution in [2.24, 2.45) is 0 Å². The summed E-state index contributed by atoms with van der Waals surface area (Å²) in [6, 6.07) is 8.60. The number of nitrogens with one attached hydrogen (secondary N) is 1. The molecular weight excluding hydrogens is 212 g/mol. The van der Waals surface area contributed by atoms with Crippen molar-refractivity contribution in [3.63, 3.8) is 0 Å². The smallest absolute Gasteiger partial charge is 0.0710 e. The molecule has 0 aliphatic carbocycles. The molecule has 3 nitrogen and oxygen atoms in total. The molecule has 1 saturated heterocycles. The molecule has 2 aromatic rings. The van der Waals surface area contributed by atoms with Crippen LogP contribution in [0.2, 0.25) is 0 Å². The third kappa shape index (κ3) is 1.85. The van der Waals surface area contributed by atoms with Crippen LogP contribution in [-0.2, 0) is 6.42 Å². The fourth-order valence-corrected chi connectivity index (χ4v) is 2.81. The van der Waals surface area contributed by atoms with Gasteiger partial charge in [-0.05, 0) is 31.5 Å². The summed E-state index contributed by atoms with van der Waals surface area (Å²) >= 11 is 0. The highest BCUT2D eigenvalue weighted by molar-refractivity contribution is 5.83. The summed E-state index contributed by atoms with van der Waals surface area (Å²) in [5.74, 6) is 0. The zero-order valence-electron chi connectivity index (χ0n) is 10.1. The van der Waals surface area contributed by atoms with Gasteiger partial charge >= 0.3 is 0 Å². The molecule has 0 amide bonds. The number of likely N-dealkylation sites (tertiary alicyclic amines) is 1. The third-order valence-electron chi connectivity index (χ3n) is 3.89. The first kappa shape index (κ1) is 10.8. The van der Waals surface area contributed by atoms with Crippen LogP contribution in [0.5, 0.6) is 0 Å². The number of rotatable bonds is 2. The Labute approximate surface area is 101 Å². The van der Waals surface area contributed by atoms with Crippen molar-refractivity contribution in [2.75, 3.05) is 13.6 Å². The van der Waals surface area contributed by atoms with Crippen molar-refractivity contribution in [3.8, 4) is 0 Å². The summed E-state index contributed by atoms with van der Waals surface area (Å²) in [7, 11) is 2.09. The van der Waals surface area contributed by atoms with Crippen LogP contribution in [0.4, 0.5) is 0 Å². The normalized spacial score (nSPS) is 25.8. The standard InChI is InChI=1S/C14H18N2O/c1-16-7-6-14(17)13(16)8-10-9-15-12-5-3-2-4-11(10)12/h2-5,9,13-15,17H,6-8H2,1H3/t13-,14?/m0/s1. The number of nitrogens with zero attached hydrogens (tertiary/aromatic N) is 1. The maximum atomic E-state index is 9.98. The molecule has 1 aliphatic rings. The quantitative estimate of drug-likeness (QED) is 0.825. The molecule has 2 atom stereocenters. The van der Waals surface area contributed by atoms with Crippen molar-refractivity contribution in [2.45, 2.75) is 25.0 Å². The summed E-state index contributed by atoms with van der Waals surface area (Å²) in [5, 5.41) is 11.3. The molecule has 0 saturated carbocycles. The Bertz CT molecular complexity index is 510. The van der Waals surface area contributed by atoms with E-state index in [0.717, 1.165) is 19.4 Å². The molecule has 1 aliphatic heterocycles. The fourth-order valence-electron chi connectivity index (χ4n) is 2.81. The Morgan fingerprint density at radius 1 is 1.41 bits per heavy atom. The lowest BCUT2D eigenvalue weighted by atomic mass is 10.0. The Morgan fingerprint density at radius 3 is 3.00 bits per heavy atom. The van der Waals surface area contributed by atoms with Gasteiger partial charge in [-0.1, -0.05) is 18.2 Å². The Hall–Kier alpha value is -1.32. The predicted molar refractivity (Wildman–Crippen MR) is 69.0 cm³/mol. The average Bonchev–Trinajstić information content (AvgIpc) is 2.88. The lowest BCUT2D eigenvalue weighted by molar-refractivity contribution is 0.127. The molecule has 90 valence electrons. The van der Waals surface area contributed by atoms with Gasteiger partial charge in [0.05, 0.1) is 6.10 Å². The van der Waals surface area contributed by atoms with E-state index in [2.05, 4.69) is 41.3 Å². The fraction of sp³-hybridized carbons (Fsp3) is 0.429. The van der Waals surface area contributed by atoms with Gasteiger partial charge in [-0.15, -0.1) is 0 Å². The van der Waals surface area contributed by atoms with Crippen molar-refractivity contribution in [3.05, 3.63) is 36.0 Å². The van der Waals surface area contributed by atoms with Crippen LogP contribution in [0.15, 0.2) is 30.5 Å². The van der Waals surface area contributed by atoms with Crippen molar-refractivity contribution in [1.82, 2.24) is 9.88 Å². The van der Waals surface area contributed by atoms with E-state index < -0.39 is 0 Å². The first-order valence-electron chi connectivity index (χ1n) is 6.19. The van der Waals surface area contributed by atoms with Crippen LogP contribution in [0, 0.1) is 0 Å². The van der Waals surface area contributed by atoms with Crippen molar-refractivity contribution < 1.29 is 5.11 Å². The molecule has 1 fully saturated rings. The second-order valence-electron chi connectivity index (χ2n) is 4.97. The minimum Gasteiger partial charge on any atom is -0.391 e. The van der Waals surface area contributed by atoms with E-state index in [1.807, 2.05) is 6.07 Å². The number of aromatic amines is 1. The predicted octanol–water partition coefficient (Wildman–Crippen LogP) is 1.78. The second kappa shape index (κ2) is 4.17. The van der Waals surface area contributed by atoms with Gasteiger partial charge in [0, 0.05) is 29.7 Å². The summed E-state index contributed by atoms with van der Waals surface area (Å²) in [6.07, 6.45) is 3.70.